The molecule has 4 nitrogen and oxygen atoms in total. The molecule has 0 aliphatic heterocycles. The third-order valence-corrected chi connectivity index (χ3v) is 2.08. The molecule has 2 aromatic rings. The van der Waals surface area contributed by atoms with Gasteiger partial charge in [0.1, 0.15) is 16.1 Å². The summed E-state index contributed by atoms with van der Waals surface area (Å²) in [5.41, 5.74) is 6.11. The molecule has 2 rings (SSSR count). The highest BCUT2D eigenvalue weighted by Crippen LogP contribution is 2.24. The highest BCUT2D eigenvalue weighted by atomic mass is 79.9. The number of rotatable bonds is 1. The first-order chi connectivity index (χ1) is 6.27. The van der Waals surface area contributed by atoms with Gasteiger partial charge in [0.05, 0.1) is 12.5 Å². The van der Waals surface area contributed by atoms with E-state index in [9.17, 15) is 0 Å². The number of anilines is 1. The van der Waals surface area contributed by atoms with Crippen molar-refractivity contribution in [3.05, 3.63) is 29.2 Å². The molecular weight excluding hydrogens is 234 g/mol. The number of aromatic nitrogens is 2. The van der Waals surface area contributed by atoms with Crippen molar-refractivity contribution >= 4 is 21.7 Å². The predicted octanol–water partition coefficient (Wildman–Crippen LogP) is 2.08. The minimum Gasteiger partial charge on any atom is -0.463 e. The van der Waals surface area contributed by atoms with Crippen molar-refractivity contribution in [2.75, 3.05) is 5.73 Å². The lowest BCUT2D eigenvalue weighted by Crippen LogP contribution is -1.94. The highest BCUT2D eigenvalue weighted by molar-refractivity contribution is 9.10. The molecule has 0 aromatic carbocycles. The largest absolute Gasteiger partial charge is 0.463 e. The summed E-state index contributed by atoms with van der Waals surface area (Å²) >= 11 is 3.26. The van der Waals surface area contributed by atoms with Crippen molar-refractivity contribution in [2.24, 2.45) is 0 Å². The zero-order valence-electron chi connectivity index (χ0n) is 6.57. The second-order valence-electron chi connectivity index (χ2n) is 2.41. The number of furan rings is 1. The molecular formula is C8H6BrN3O. The molecule has 2 aromatic heterocycles. The average Bonchev–Trinajstić information content (AvgIpc) is 2.61. The van der Waals surface area contributed by atoms with Gasteiger partial charge in [0.15, 0.2) is 5.76 Å². The van der Waals surface area contributed by atoms with Gasteiger partial charge in [-0.05, 0) is 28.1 Å². The number of nitrogens with two attached hydrogens (primary N) is 1. The topological polar surface area (TPSA) is 64.9 Å². The molecule has 0 atom stereocenters. The van der Waals surface area contributed by atoms with Gasteiger partial charge >= 0.3 is 0 Å². The lowest BCUT2D eigenvalue weighted by molar-refractivity contribution is 0.579. The minimum absolute atomic E-state index is 0.370. The van der Waals surface area contributed by atoms with Gasteiger partial charge < -0.3 is 10.2 Å². The molecule has 0 radical (unpaired) electrons. The third kappa shape index (κ3) is 1.55. The van der Waals surface area contributed by atoms with Crippen LogP contribution >= 0.6 is 15.9 Å². The van der Waals surface area contributed by atoms with E-state index < -0.39 is 0 Å². The van der Waals surface area contributed by atoms with Crippen molar-refractivity contribution in [2.45, 2.75) is 0 Å². The van der Waals surface area contributed by atoms with Gasteiger partial charge in [-0.3, -0.25) is 0 Å². The monoisotopic (exact) mass is 239 g/mol. The van der Waals surface area contributed by atoms with E-state index in [0.717, 1.165) is 0 Å². The van der Waals surface area contributed by atoms with Crippen LogP contribution in [0, 0.1) is 0 Å². The summed E-state index contributed by atoms with van der Waals surface area (Å²) in [5.74, 6) is 1.02. The molecule has 5 heteroatoms. The first-order valence-corrected chi connectivity index (χ1v) is 4.38. The number of hydrogen-bond acceptors (Lipinski definition) is 4. The fraction of sp³-hybridized carbons (Fsp3) is 0. The van der Waals surface area contributed by atoms with E-state index in [-0.39, 0.29) is 0 Å². The average molecular weight is 240 g/mol. The summed E-state index contributed by atoms with van der Waals surface area (Å²) in [5, 5.41) is 0. The Bertz CT molecular complexity index is 413. The summed E-state index contributed by atoms with van der Waals surface area (Å²) in [7, 11) is 0. The van der Waals surface area contributed by atoms with E-state index >= 15 is 0 Å². The normalized spacial score (nSPS) is 10.2. The number of hydrogen-bond donors (Lipinski definition) is 1. The highest BCUT2D eigenvalue weighted by Gasteiger charge is 2.08. The van der Waals surface area contributed by atoms with E-state index in [4.69, 9.17) is 10.2 Å². The Morgan fingerprint density at radius 3 is 3.00 bits per heavy atom. The summed E-state index contributed by atoms with van der Waals surface area (Å²) in [6.45, 7) is 0. The molecule has 0 spiro atoms. The van der Waals surface area contributed by atoms with E-state index in [2.05, 4.69) is 25.9 Å². The van der Waals surface area contributed by atoms with Crippen molar-refractivity contribution < 1.29 is 4.42 Å². The molecule has 0 unspecified atom stereocenters. The maximum atomic E-state index is 5.50. The van der Waals surface area contributed by atoms with Crippen LogP contribution in [0.15, 0.2) is 33.6 Å². The number of halogens is 1. The maximum Gasteiger partial charge on any atom is 0.155 e. The lowest BCUT2D eigenvalue weighted by atomic mass is 10.3. The van der Waals surface area contributed by atoms with Crippen molar-refractivity contribution in [1.29, 1.82) is 0 Å². The predicted molar refractivity (Wildman–Crippen MR) is 51.8 cm³/mol. The molecule has 0 amide bonds. The van der Waals surface area contributed by atoms with E-state index in [1.54, 1.807) is 18.4 Å². The molecule has 66 valence electrons. The zero-order valence-corrected chi connectivity index (χ0v) is 8.15. The van der Waals surface area contributed by atoms with Gasteiger partial charge in [-0.15, -0.1) is 0 Å². The van der Waals surface area contributed by atoms with E-state index in [0.29, 0.717) is 21.9 Å². The smallest absolute Gasteiger partial charge is 0.155 e. The van der Waals surface area contributed by atoms with Crippen LogP contribution in [0.25, 0.3) is 11.5 Å². The fourth-order valence-corrected chi connectivity index (χ4v) is 1.34. The second kappa shape index (κ2) is 3.18. The molecule has 2 N–H and O–H groups in total. The Morgan fingerprint density at radius 1 is 1.46 bits per heavy atom. The summed E-state index contributed by atoms with van der Waals surface area (Å²) < 4.78 is 5.79. The van der Waals surface area contributed by atoms with Gasteiger partial charge in [-0.1, -0.05) is 0 Å². The van der Waals surface area contributed by atoms with Gasteiger partial charge in [0.25, 0.3) is 0 Å². The Labute approximate surface area is 82.9 Å². The van der Waals surface area contributed by atoms with Gasteiger partial charge in [0, 0.05) is 0 Å². The SMILES string of the molecule is Nc1cnc(Br)c(-c2ccco2)n1. The first kappa shape index (κ1) is 8.25. The van der Waals surface area contributed by atoms with Crippen LogP contribution in [0.5, 0.6) is 0 Å². The maximum absolute atomic E-state index is 5.50. The van der Waals surface area contributed by atoms with Gasteiger partial charge in [0.2, 0.25) is 0 Å². The van der Waals surface area contributed by atoms with Crippen molar-refractivity contribution in [1.82, 2.24) is 9.97 Å². The molecule has 2 heterocycles. The minimum atomic E-state index is 0.370. The van der Waals surface area contributed by atoms with Crippen LogP contribution < -0.4 is 5.73 Å². The molecule has 0 saturated heterocycles. The van der Waals surface area contributed by atoms with Crippen LogP contribution in [0.2, 0.25) is 0 Å². The molecule has 0 bridgehead atoms. The number of nitrogen functional groups attached to an aromatic ring is 1. The third-order valence-electron chi connectivity index (χ3n) is 1.50. The number of nitrogens with zero attached hydrogens (tertiary/aromatic N) is 2. The molecule has 0 fully saturated rings. The zero-order chi connectivity index (χ0) is 9.26. The first-order valence-electron chi connectivity index (χ1n) is 3.59. The summed E-state index contributed by atoms with van der Waals surface area (Å²) in [4.78, 5) is 8.09. The molecule has 0 aliphatic carbocycles. The lowest BCUT2D eigenvalue weighted by Gasteiger charge is -1.99. The van der Waals surface area contributed by atoms with Crippen molar-refractivity contribution in [3.8, 4) is 11.5 Å². The molecule has 0 saturated carbocycles. The summed E-state index contributed by atoms with van der Waals surface area (Å²) in [6.07, 6.45) is 3.06. The van der Waals surface area contributed by atoms with Crippen molar-refractivity contribution in [3.63, 3.8) is 0 Å². The standard InChI is InChI=1S/C8H6BrN3O/c9-8-7(5-2-1-3-13-5)12-6(10)4-11-8/h1-4H,(H2,10,12). The van der Waals surface area contributed by atoms with Gasteiger partial charge in [-0.2, -0.15) is 0 Å². The van der Waals surface area contributed by atoms with Crippen LogP contribution in [-0.4, -0.2) is 9.97 Å². The Kier molecular flexibility index (Phi) is 2.02. The summed E-state index contributed by atoms with van der Waals surface area (Å²) in [6, 6.07) is 3.58. The van der Waals surface area contributed by atoms with Crippen LogP contribution in [0.3, 0.4) is 0 Å². The quantitative estimate of drug-likeness (QED) is 0.828. The van der Waals surface area contributed by atoms with E-state index in [1.165, 1.54) is 6.20 Å². The second-order valence-corrected chi connectivity index (χ2v) is 3.16. The fourth-order valence-electron chi connectivity index (χ4n) is 0.958. The Morgan fingerprint density at radius 2 is 2.31 bits per heavy atom. The van der Waals surface area contributed by atoms with Crippen LogP contribution in [0.4, 0.5) is 5.82 Å². The van der Waals surface area contributed by atoms with Gasteiger partial charge in [-0.25, -0.2) is 9.97 Å². The van der Waals surface area contributed by atoms with E-state index in [1.807, 2.05) is 0 Å². The van der Waals surface area contributed by atoms with Crippen LogP contribution in [0.1, 0.15) is 0 Å². The molecule has 13 heavy (non-hydrogen) atoms. The Hall–Kier alpha value is -1.36. The molecule has 0 aliphatic rings. The Balaban J connectivity index is 2.57. The van der Waals surface area contributed by atoms with Crippen LogP contribution in [-0.2, 0) is 0 Å².